The van der Waals surface area contributed by atoms with E-state index < -0.39 is 0 Å². The summed E-state index contributed by atoms with van der Waals surface area (Å²) in [6.07, 6.45) is 5.47. The second-order valence-electron chi connectivity index (χ2n) is 19.9. The Hall–Kier alpha value is -5.29. The second-order valence-corrected chi connectivity index (χ2v) is 21.8. The average molecular weight is 1030 g/mol. The van der Waals surface area contributed by atoms with Gasteiger partial charge in [0.05, 0.1) is 36.8 Å². The Bertz CT molecular complexity index is 2740. The fraction of sp³-hybridized carbons (Fsp3) is 0.464. The van der Waals surface area contributed by atoms with E-state index in [1.807, 2.05) is 24.3 Å². The summed E-state index contributed by atoms with van der Waals surface area (Å²) in [4.78, 5) is 36.4. The number of ether oxygens (including phenoxy) is 2. The molecule has 4 aromatic carbocycles. The van der Waals surface area contributed by atoms with E-state index in [0.29, 0.717) is 56.9 Å². The summed E-state index contributed by atoms with van der Waals surface area (Å²) in [5, 5.41) is 10.1. The summed E-state index contributed by atoms with van der Waals surface area (Å²) < 4.78 is 13.0. The van der Waals surface area contributed by atoms with Gasteiger partial charge in [0.15, 0.2) is 5.16 Å². The Labute approximate surface area is 439 Å². The minimum Gasteiger partial charge on any atom is -0.368 e. The number of piperidine rings is 2. The number of aromatic nitrogens is 4. The highest BCUT2D eigenvalue weighted by Gasteiger charge is 2.33. The lowest BCUT2D eigenvalue weighted by Gasteiger charge is -2.35. The molecule has 2 saturated heterocycles. The average Bonchev–Trinajstić information content (AvgIpc) is 3.38. The van der Waals surface area contributed by atoms with E-state index in [1.165, 1.54) is 0 Å². The zero-order valence-corrected chi connectivity index (χ0v) is 44.2. The Balaban J connectivity index is 0.000000178. The number of hydrogen-bond acceptors (Lipinski definition) is 12. The number of likely N-dealkylation sites (N-methyl/N-ethyl adjacent to an activating group) is 1. The van der Waals surface area contributed by atoms with Gasteiger partial charge in [-0.2, -0.15) is 4.98 Å². The largest absolute Gasteiger partial charge is 0.368 e. The van der Waals surface area contributed by atoms with Crippen LogP contribution in [0.15, 0.2) is 78.0 Å². The van der Waals surface area contributed by atoms with Crippen LogP contribution in [-0.2, 0) is 35.5 Å². The molecule has 16 heteroatoms. The number of nitrogens with zero attached hydrogens (tertiary/aromatic N) is 10. The quantitative estimate of drug-likeness (QED) is 0.0638. The Morgan fingerprint density at radius 1 is 0.667 bits per heavy atom. The number of nitrogens with one attached hydrogen (secondary N) is 1. The van der Waals surface area contributed by atoms with E-state index in [0.717, 1.165) is 159 Å². The summed E-state index contributed by atoms with van der Waals surface area (Å²) in [5.74, 6) is 4.32. The van der Waals surface area contributed by atoms with E-state index in [9.17, 15) is 0 Å². The number of hydrogen-bond donors (Lipinski definition) is 1. The molecule has 13 nitrogen and oxygen atoms in total. The van der Waals surface area contributed by atoms with Crippen molar-refractivity contribution < 1.29 is 9.47 Å². The molecule has 0 radical (unpaired) electrons. The van der Waals surface area contributed by atoms with Gasteiger partial charge in [-0.1, -0.05) is 95.6 Å². The standard InChI is InChI=1S/C28H33ClN6O.C28H32ClN5OS/c1-30-16-19-7-6-13-35(17-19)27-22-18-36-25(15-24(22)32-28(33-27)31-12-14-34(2)3)21-10-4-8-20-9-5-11-23(29)26(20)21;1-30-16-19-7-6-12-34(17-19)27-22-18-35-25(15-24(22)31-28(32-27)36-14-13-33(2)3)21-10-4-8-20-9-5-11-23(29)26(20)21/h4-5,8-11,19,25H,6-7,12-18H2,2-3H3,(H,31,32,33);4-5,8-11,19,25H,6-7,12-18H2,2-3H3/t2*19-,25-/m00/s1. The van der Waals surface area contributed by atoms with Crippen molar-refractivity contribution >= 4 is 74.1 Å². The molecule has 4 aliphatic rings. The van der Waals surface area contributed by atoms with Crippen LogP contribution in [-0.4, -0.2) is 123 Å². The number of anilines is 3. The number of fused-ring (bicyclic) bond motifs is 4. The van der Waals surface area contributed by atoms with Crippen molar-refractivity contribution in [2.24, 2.45) is 11.8 Å². The van der Waals surface area contributed by atoms with Gasteiger partial charge in [0.2, 0.25) is 19.0 Å². The van der Waals surface area contributed by atoms with Gasteiger partial charge in [-0.3, -0.25) is 0 Å². The molecule has 0 unspecified atom stereocenters. The first-order valence-electron chi connectivity index (χ1n) is 25.3. The third-order valence-electron chi connectivity index (χ3n) is 14.2. The van der Waals surface area contributed by atoms with Crippen molar-refractivity contribution in [2.45, 2.75) is 69.1 Å². The van der Waals surface area contributed by atoms with Crippen molar-refractivity contribution in [3.05, 3.63) is 139 Å². The Morgan fingerprint density at radius 3 is 1.68 bits per heavy atom. The molecule has 0 aliphatic carbocycles. The maximum atomic E-state index is 7.33. The van der Waals surface area contributed by atoms with Crippen LogP contribution in [0.4, 0.5) is 17.6 Å². The summed E-state index contributed by atoms with van der Waals surface area (Å²) in [6, 6.07) is 24.6. The Kier molecular flexibility index (Phi) is 17.3. The lowest BCUT2D eigenvalue weighted by molar-refractivity contribution is 0.0266. The molecule has 4 aliphatic heterocycles. The van der Waals surface area contributed by atoms with Gasteiger partial charge in [0, 0.05) is 108 Å². The van der Waals surface area contributed by atoms with Crippen LogP contribution in [0.2, 0.25) is 10.0 Å². The lowest BCUT2D eigenvalue weighted by atomic mass is 9.94. The van der Waals surface area contributed by atoms with E-state index >= 15 is 0 Å². The normalized spacial score (nSPS) is 19.9. The highest BCUT2D eigenvalue weighted by Crippen LogP contribution is 2.42. The summed E-state index contributed by atoms with van der Waals surface area (Å²) in [7, 11) is 8.29. The van der Waals surface area contributed by atoms with Crippen molar-refractivity contribution in [1.82, 2.24) is 29.7 Å². The van der Waals surface area contributed by atoms with Gasteiger partial charge in [0.25, 0.3) is 0 Å². The van der Waals surface area contributed by atoms with Gasteiger partial charge in [-0.15, -0.1) is 0 Å². The third kappa shape index (κ3) is 12.2. The molecule has 1 N–H and O–H groups in total. The predicted octanol–water partition coefficient (Wildman–Crippen LogP) is 11.1. The first-order valence-corrected chi connectivity index (χ1v) is 27.0. The van der Waals surface area contributed by atoms with Crippen LogP contribution < -0.4 is 15.1 Å². The van der Waals surface area contributed by atoms with Gasteiger partial charge < -0.3 is 44.1 Å². The zero-order chi connectivity index (χ0) is 50.1. The maximum Gasteiger partial charge on any atom is 0.224 e. The fourth-order valence-electron chi connectivity index (χ4n) is 10.5. The van der Waals surface area contributed by atoms with Crippen LogP contribution in [0.3, 0.4) is 0 Å². The van der Waals surface area contributed by atoms with Gasteiger partial charge in [0.1, 0.15) is 11.6 Å². The van der Waals surface area contributed by atoms with E-state index in [1.54, 1.807) is 11.8 Å². The molecule has 2 aromatic heterocycles. The molecular weight excluding hydrogens is 962 g/mol. The highest BCUT2D eigenvalue weighted by molar-refractivity contribution is 7.99. The molecular formula is C56H65Cl2N11O2S. The Morgan fingerprint density at radius 2 is 1.17 bits per heavy atom. The topological polar surface area (TPSA) is 104 Å². The van der Waals surface area contributed by atoms with Crippen molar-refractivity contribution in [3.63, 3.8) is 0 Å². The van der Waals surface area contributed by atoms with Crippen molar-refractivity contribution in [2.75, 3.05) is 108 Å². The van der Waals surface area contributed by atoms with Gasteiger partial charge in [-0.25, -0.2) is 28.1 Å². The summed E-state index contributed by atoms with van der Waals surface area (Å²) in [5.41, 5.74) is 6.47. The highest BCUT2D eigenvalue weighted by atomic mass is 35.5. The molecule has 2 fully saturated rings. The van der Waals surface area contributed by atoms with Crippen molar-refractivity contribution in [1.29, 1.82) is 0 Å². The molecule has 10 rings (SSSR count). The smallest absolute Gasteiger partial charge is 0.224 e. The monoisotopic (exact) mass is 1030 g/mol. The lowest BCUT2D eigenvalue weighted by Crippen LogP contribution is -2.38. The molecule has 4 atom stereocenters. The molecule has 0 saturated carbocycles. The molecule has 0 bridgehead atoms. The molecule has 6 heterocycles. The first-order chi connectivity index (χ1) is 35.1. The van der Waals surface area contributed by atoms with Gasteiger partial charge >= 0.3 is 0 Å². The molecule has 6 aromatic rings. The second kappa shape index (κ2) is 24.2. The number of thioether (sulfide) groups is 1. The summed E-state index contributed by atoms with van der Waals surface area (Å²) >= 11 is 15.0. The van der Waals surface area contributed by atoms with Crippen LogP contribution in [0, 0.1) is 25.0 Å². The zero-order valence-electron chi connectivity index (χ0n) is 41.9. The first kappa shape index (κ1) is 51.6. The van der Waals surface area contributed by atoms with E-state index in [-0.39, 0.29) is 12.2 Å². The van der Waals surface area contributed by atoms with Crippen molar-refractivity contribution in [3.8, 4) is 0 Å². The minimum absolute atomic E-state index is 0.111. The van der Waals surface area contributed by atoms with E-state index in [2.05, 4.69) is 111 Å². The van der Waals surface area contributed by atoms with E-state index in [4.69, 9.17) is 65.8 Å². The SMILES string of the molecule is [C-]#[N+]C[C@@H]1CCCN(c2nc(NCCN(C)C)nc3c2CO[C@H](c2cccc4cccc(Cl)c24)C3)C1.[C-]#[N+]C[C@@H]1CCCN(c2nc(SCCN(C)C)nc3c2CO[C@H](c2cccc4cccc(Cl)c24)C3)C1. The molecule has 0 amide bonds. The molecule has 72 heavy (non-hydrogen) atoms. The van der Waals surface area contributed by atoms with Crippen LogP contribution in [0.25, 0.3) is 31.2 Å². The maximum absolute atomic E-state index is 7.33. The fourth-order valence-corrected chi connectivity index (χ4v) is 12.1. The third-order valence-corrected chi connectivity index (χ3v) is 15.6. The van der Waals surface area contributed by atoms with Crippen LogP contribution in [0.1, 0.15) is 71.5 Å². The number of rotatable bonds is 14. The number of benzene rings is 4. The van der Waals surface area contributed by atoms with Crippen LogP contribution in [0.5, 0.6) is 0 Å². The molecule has 376 valence electrons. The van der Waals surface area contributed by atoms with Crippen LogP contribution >= 0.6 is 35.0 Å². The molecule has 0 spiro atoms. The van der Waals surface area contributed by atoms with Gasteiger partial charge in [-0.05, 0) is 87.9 Å². The summed E-state index contributed by atoms with van der Waals surface area (Å²) in [6.45, 7) is 23.0. The minimum atomic E-state index is -0.130. The predicted molar refractivity (Wildman–Crippen MR) is 294 cm³/mol. The number of halogens is 2.